The Hall–Kier alpha value is -3.81. The second-order valence-electron chi connectivity index (χ2n) is 9.27. The molecule has 2 aliphatic rings. The van der Waals surface area contributed by atoms with Crippen LogP contribution in [0.15, 0.2) is 47.4 Å². The number of thioether (sulfide) groups is 1. The van der Waals surface area contributed by atoms with Crippen LogP contribution in [0.25, 0.3) is 10.9 Å². The molecule has 0 spiro atoms. The number of carbonyl (C=O) groups is 2. The molecule has 1 aromatic heterocycles. The van der Waals surface area contributed by atoms with E-state index in [0.29, 0.717) is 10.6 Å². The Morgan fingerprint density at radius 2 is 2.02 bits per heavy atom. The normalized spacial score (nSPS) is 17.9. The zero-order chi connectivity index (χ0) is 28.5. The standard InChI is InChI=1S/C26H18ClF4N5O3S/c1-35-18(9-20(30)31)21-16(34-35)8-13-22(26(39,33-24(13)37)14-6-11(27)2-4-15(14)29)23(21)32-25(38)36-10-40-19-7-12(28)3-5-17(19)36/h2-8,20,39H,9-10H2,1H3,(H,32,38)(H,33,37). The number of nitrogens with one attached hydrogen (secondary N) is 2. The number of aliphatic hydroxyl groups is 1. The van der Waals surface area contributed by atoms with Gasteiger partial charge < -0.3 is 15.7 Å². The molecule has 1 atom stereocenters. The van der Waals surface area contributed by atoms with Crippen molar-refractivity contribution >= 4 is 57.6 Å². The highest BCUT2D eigenvalue weighted by atomic mass is 35.5. The molecule has 0 aliphatic carbocycles. The highest BCUT2D eigenvalue weighted by Crippen LogP contribution is 2.46. The van der Waals surface area contributed by atoms with E-state index in [1.807, 2.05) is 0 Å². The van der Waals surface area contributed by atoms with Gasteiger partial charge in [-0.1, -0.05) is 11.6 Å². The minimum atomic E-state index is -2.80. The molecule has 3 heterocycles. The quantitative estimate of drug-likeness (QED) is 0.278. The molecular weight excluding hydrogens is 574 g/mol. The van der Waals surface area contributed by atoms with Gasteiger partial charge in [0.25, 0.3) is 5.91 Å². The molecule has 0 saturated heterocycles. The summed E-state index contributed by atoms with van der Waals surface area (Å²) in [6.45, 7) is 0. The van der Waals surface area contributed by atoms with E-state index in [4.69, 9.17) is 11.6 Å². The van der Waals surface area contributed by atoms with Crippen LogP contribution in [0.3, 0.4) is 0 Å². The van der Waals surface area contributed by atoms with Crippen LogP contribution >= 0.6 is 23.4 Å². The maximum absolute atomic E-state index is 15.1. The van der Waals surface area contributed by atoms with Crippen molar-refractivity contribution in [1.29, 1.82) is 0 Å². The third-order valence-electron chi connectivity index (χ3n) is 6.85. The summed E-state index contributed by atoms with van der Waals surface area (Å²) < 4.78 is 57.3. The summed E-state index contributed by atoms with van der Waals surface area (Å²) in [6, 6.07) is 7.78. The first kappa shape index (κ1) is 26.4. The first-order valence-corrected chi connectivity index (χ1v) is 13.2. The van der Waals surface area contributed by atoms with Crippen LogP contribution < -0.4 is 15.5 Å². The Balaban J connectivity index is 1.59. The van der Waals surface area contributed by atoms with Crippen LogP contribution in [0.2, 0.25) is 5.02 Å². The SMILES string of the molecule is Cn1nc2cc3c(c(NC(=O)N4CSc5cc(F)ccc54)c2c1CC(F)F)C(O)(c1cc(Cl)ccc1F)NC3=O. The van der Waals surface area contributed by atoms with Crippen molar-refractivity contribution in [3.8, 4) is 0 Å². The molecule has 40 heavy (non-hydrogen) atoms. The van der Waals surface area contributed by atoms with Crippen LogP contribution in [-0.4, -0.2) is 39.1 Å². The average molecular weight is 592 g/mol. The van der Waals surface area contributed by atoms with Crippen molar-refractivity contribution in [3.05, 3.63) is 81.5 Å². The summed E-state index contributed by atoms with van der Waals surface area (Å²) in [5, 5.41) is 21.2. The number of benzene rings is 3. The number of carbonyl (C=O) groups excluding carboxylic acids is 2. The lowest BCUT2D eigenvalue weighted by Gasteiger charge is -2.28. The van der Waals surface area contributed by atoms with Crippen LogP contribution in [0.4, 0.5) is 33.7 Å². The van der Waals surface area contributed by atoms with Crippen molar-refractivity contribution in [1.82, 2.24) is 15.1 Å². The van der Waals surface area contributed by atoms with Gasteiger partial charge >= 0.3 is 6.03 Å². The summed E-state index contributed by atoms with van der Waals surface area (Å²) in [7, 11) is 1.43. The zero-order valence-electron chi connectivity index (χ0n) is 20.4. The Labute approximate surface area is 232 Å². The van der Waals surface area contributed by atoms with E-state index in [1.54, 1.807) is 0 Å². The lowest BCUT2D eigenvalue weighted by atomic mass is 9.90. The van der Waals surface area contributed by atoms with E-state index in [2.05, 4.69) is 15.7 Å². The molecule has 0 radical (unpaired) electrons. The van der Waals surface area contributed by atoms with E-state index < -0.39 is 47.7 Å². The van der Waals surface area contributed by atoms with E-state index in [-0.39, 0.29) is 44.3 Å². The lowest BCUT2D eigenvalue weighted by Crippen LogP contribution is -2.42. The molecule has 206 valence electrons. The van der Waals surface area contributed by atoms with Gasteiger partial charge in [-0.25, -0.2) is 22.4 Å². The minimum Gasteiger partial charge on any atom is -0.363 e. The number of hydrogen-bond donors (Lipinski definition) is 3. The van der Waals surface area contributed by atoms with Crippen molar-refractivity contribution in [3.63, 3.8) is 0 Å². The third kappa shape index (κ3) is 4.07. The molecule has 3 aromatic carbocycles. The van der Waals surface area contributed by atoms with Crippen molar-refractivity contribution in [2.24, 2.45) is 7.05 Å². The largest absolute Gasteiger partial charge is 0.363 e. The predicted molar refractivity (Wildman–Crippen MR) is 141 cm³/mol. The maximum atomic E-state index is 15.1. The number of anilines is 2. The van der Waals surface area contributed by atoms with Gasteiger partial charge in [0, 0.05) is 33.5 Å². The summed E-state index contributed by atoms with van der Waals surface area (Å²) in [4.78, 5) is 28.6. The molecule has 14 heteroatoms. The fourth-order valence-electron chi connectivity index (χ4n) is 5.13. The monoisotopic (exact) mass is 591 g/mol. The molecule has 0 fully saturated rings. The smallest absolute Gasteiger partial charge is 0.327 e. The maximum Gasteiger partial charge on any atom is 0.327 e. The van der Waals surface area contributed by atoms with Gasteiger partial charge in [-0.3, -0.25) is 14.4 Å². The fourth-order valence-corrected chi connectivity index (χ4v) is 6.35. The first-order chi connectivity index (χ1) is 19.0. The second kappa shape index (κ2) is 9.39. The van der Waals surface area contributed by atoms with Gasteiger partial charge in [0.1, 0.15) is 11.6 Å². The van der Waals surface area contributed by atoms with Crippen molar-refractivity contribution in [2.75, 3.05) is 16.1 Å². The molecule has 0 saturated carbocycles. The number of hydrogen-bond acceptors (Lipinski definition) is 5. The Morgan fingerprint density at radius 3 is 2.77 bits per heavy atom. The minimum absolute atomic E-state index is 0.00892. The molecule has 3 amide bonds. The highest BCUT2D eigenvalue weighted by molar-refractivity contribution is 8.00. The number of fused-ring (bicyclic) bond motifs is 3. The van der Waals surface area contributed by atoms with Gasteiger partial charge in [-0.15, -0.1) is 11.8 Å². The summed E-state index contributed by atoms with van der Waals surface area (Å²) in [6.07, 6.45) is -3.56. The predicted octanol–water partition coefficient (Wildman–Crippen LogP) is 5.35. The molecule has 4 aromatic rings. The van der Waals surface area contributed by atoms with Crippen LogP contribution in [0, 0.1) is 11.6 Å². The second-order valence-corrected chi connectivity index (χ2v) is 10.7. The molecular formula is C26H18ClF4N5O3S. The number of halogens is 5. The Bertz CT molecular complexity index is 1750. The first-order valence-electron chi connectivity index (χ1n) is 11.8. The van der Waals surface area contributed by atoms with Gasteiger partial charge in [-0.2, -0.15) is 5.10 Å². The Kier molecular flexibility index (Phi) is 6.20. The topological polar surface area (TPSA) is 99.5 Å². The lowest BCUT2D eigenvalue weighted by molar-refractivity contribution is 0.0455. The van der Waals surface area contributed by atoms with E-state index in [0.717, 1.165) is 12.1 Å². The number of aryl methyl sites for hydroxylation is 1. The van der Waals surface area contributed by atoms with Gasteiger partial charge in [0.15, 0.2) is 5.72 Å². The average Bonchev–Trinajstić information content (AvgIpc) is 3.52. The van der Waals surface area contributed by atoms with E-state index in [9.17, 15) is 27.9 Å². The number of amides is 3. The summed E-state index contributed by atoms with van der Waals surface area (Å²) in [5.41, 5.74) is -3.06. The van der Waals surface area contributed by atoms with E-state index >= 15 is 4.39 Å². The Morgan fingerprint density at radius 1 is 1.25 bits per heavy atom. The molecule has 8 nitrogen and oxygen atoms in total. The van der Waals surface area contributed by atoms with E-state index in [1.165, 1.54) is 58.7 Å². The molecule has 3 N–H and O–H groups in total. The molecule has 1 unspecified atom stereocenters. The van der Waals surface area contributed by atoms with Gasteiger partial charge in [0.2, 0.25) is 6.43 Å². The van der Waals surface area contributed by atoms with Gasteiger partial charge in [0.05, 0.1) is 40.4 Å². The molecule has 2 aliphatic heterocycles. The number of urea groups is 1. The summed E-state index contributed by atoms with van der Waals surface area (Å²) >= 11 is 7.28. The van der Waals surface area contributed by atoms with Crippen LogP contribution in [0.1, 0.15) is 27.2 Å². The summed E-state index contributed by atoms with van der Waals surface area (Å²) in [5.74, 6) is -2.11. The third-order valence-corrected chi connectivity index (χ3v) is 8.11. The van der Waals surface area contributed by atoms with Crippen molar-refractivity contribution < 1.29 is 32.3 Å². The van der Waals surface area contributed by atoms with Crippen LogP contribution in [0.5, 0.6) is 0 Å². The molecule has 0 bridgehead atoms. The number of aromatic nitrogens is 2. The van der Waals surface area contributed by atoms with Gasteiger partial charge in [-0.05, 0) is 42.5 Å². The highest BCUT2D eigenvalue weighted by Gasteiger charge is 2.48. The number of alkyl halides is 2. The number of rotatable bonds is 4. The molecule has 6 rings (SSSR count). The fraction of sp³-hybridized carbons (Fsp3) is 0.192. The van der Waals surface area contributed by atoms with Crippen molar-refractivity contribution in [2.45, 2.75) is 23.5 Å². The van der Waals surface area contributed by atoms with Crippen LogP contribution in [-0.2, 0) is 19.2 Å². The number of nitrogens with zero attached hydrogens (tertiary/aromatic N) is 3. The zero-order valence-corrected chi connectivity index (χ0v) is 22.0.